The van der Waals surface area contributed by atoms with Crippen molar-refractivity contribution in [3.05, 3.63) is 29.3 Å². The lowest BCUT2D eigenvalue weighted by atomic mass is 10.2. The summed E-state index contributed by atoms with van der Waals surface area (Å²) in [7, 11) is 0. The van der Waals surface area contributed by atoms with Gasteiger partial charge in [0.15, 0.2) is 11.6 Å². The number of hydrogen-bond acceptors (Lipinski definition) is 2. The number of nitrogens with two attached hydrogens (primary N) is 1. The second-order valence-electron chi connectivity index (χ2n) is 2.10. The molecular weight excluding hydrogens is 152 g/mol. The number of aromatic hydroxyl groups is 1. The van der Waals surface area contributed by atoms with Gasteiger partial charge >= 0.3 is 0 Å². The molecule has 0 aliphatic carbocycles. The molecule has 0 aliphatic heterocycles. The maximum Gasteiger partial charge on any atom is 0.162 e. The molecule has 0 bridgehead atoms. The summed E-state index contributed by atoms with van der Waals surface area (Å²) in [5.74, 6) is -2.38. The number of halogens is 2. The Bertz CT molecular complexity index is 275. The fourth-order valence-electron chi connectivity index (χ4n) is 0.741. The molecule has 0 aromatic heterocycles. The summed E-state index contributed by atoms with van der Waals surface area (Å²) in [5, 5.41) is 8.93. The van der Waals surface area contributed by atoms with E-state index in [1.54, 1.807) is 0 Å². The van der Waals surface area contributed by atoms with Crippen molar-refractivity contribution in [1.29, 1.82) is 0 Å². The lowest BCUT2D eigenvalue weighted by Crippen LogP contribution is -1.98. The van der Waals surface area contributed by atoms with E-state index >= 15 is 0 Å². The minimum Gasteiger partial charge on any atom is -0.508 e. The van der Waals surface area contributed by atoms with Crippen LogP contribution in [-0.4, -0.2) is 5.11 Å². The van der Waals surface area contributed by atoms with E-state index in [0.29, 0.717) is 6.07 Å². The first-order chi connectivity index (χ1) is 5.15. The zero-order valence-electron chi connectivity index (χ0n) is 5.64. The highest BCUT2D eigenvalue weighted by Gasteiger charge is 2.06. The van der Waals surface area contributed by atoms with Crippen molar-refractivity contribution in [2.24, 2.45) is 5.73 Å². The SMILES string of the molecule is NCc1cc(F)c(F)cc1O. The van der Waals surface area contributed by atoms with Gasteiger partial charge in [-0.2, -0.15) is 0 Å². The highest BCUT2D eigenvalue weighted by atomic mass is 19.2. The van der Waals surface area contributed by atoms with Crippen LogP contribution in [0.5, 0.6) is 5.75 Å². The summed E-state index contributed by atoms with van der Waals surface area (Å²) < 4.78 is 24.7. The van der Waals surface area contributed by atoms with Crippen molar-refractivity contribution in [3.8, 4) is 5.75 Å². The van der Waals surface area contributed by atoms with Crippen LogP contribution in [0.15, 0.2) is 12.1 Å². The molecule has 0 fully saturated rings. The first kappa shape index (κ1) is 7.94. The minimum atomic E-state index is -1.07. The predicted octanol–water partition coefficient (Wildman–Crippen LogP) is 1.13. The van der Waals surface area contributed by atoms with Gasteiger partial charge in [-0.05, 0) is 6.07 Å². The summed E-state index contributed by atoms with van der Waals surface area (Å²) in [5.41, 5.74) is 5.32. The molecule has 1 aromatic carbocycles. The van der Waals surface area contributed by atoms with Gasteiger partial charge in [0.05, 0.1) is 0 Å². The number of hydrogen-bond donors (Lipinski definition) is 2. The molecule has 0 unspecified atom stereocenters. The summed E-state index contributed by atoms with van der Waals surface area (Å²) >= 11 is 0. The van der Waals surface area contributed by atoms with Gasteiger partial charge in [0.2, 0.25) is 0 Å². The van der Waals surface area contributed by atoms with Gasteiger partial charge in [0, 0.05) is 18.2 Å². The highest BCUT2D eigenvalue weighted by Crippen LogP contribution is 2.19. The van der Waals surface area contributed by atoms with Crippen LogP contribution in [-0.2, 0) is 6.54 Å². The Morgan fingerprint density at radius 2 is 1.82 bits per heavy atom. The fraction of sp³-hybridized carbons (Fsp3) is 0.143. The number of rotatable bonds is 1. The van der Waals surface area contributed by atoms with Crippen LogP contribution in [0.25, 0.3) is 0 Å². The van der Waals surface area contributed by atoms with E-state index in [-0.39, 0.29) is 17.9 Å². The predicted molar refractivity (Wildman–Crippen MR) is 35.9 cm³/mol. The average Bonchev–Trinajstić information content (AvgIpc) is 1.97. The Kier molecular flexibility index (Phi) is 2.05. The van der Waals surface area contributed by atoms with Crippen LogP contribution in [0.1, 0.15) is 5.56 Å². The Balaban J connectivity index is 3.21. The van der Waals surface area contributed by atoms with Gasteiger partial charge in [-0.1, -0.05) is 0 Å². The lowest BCUT2D eigenvalue weighted by Gasteiger charge is -2.00. The molecule has 0 radical (unpaired) electrons. The van der Waals surface area contributed by atoms with Crippen molar-refractivity contribution in [2.75, 3.05) is 0 Å². The molecule has 60 valence electrons. The van der Waals surface area contributed by atoms with Crippen LogP contribution in [0.4, 0.5) is 8.78 Å². The third kappa shape index (κ3) is 1.46. The van der Waals surface area contributed by atoms with E-state index in [1.807, 2.05) is 0 Å². The van der Waals surface area contributed by atoms with E-state index in [0.717, 1.165) is 6.07 Å². The lowest BCUT2D eigenvalue weighted by molar-refractivity contribution is 0.447. The molecule has 1 rings (SSSR count). The van der Waals surface area contributed by atoms with Crippen LogP contribution in [0.2, 0.25) is 0 Å². The van der Waals surface area contributed by atoms with Gasteiger partial charge < -0.3 is 10.8 Å². The molecule has 1 aromatic rings. The molecule has 0 amide bonds. The quantitative estimate of drug-likeness (QED) is 0.645. The van der Waals surface area contributed by atoms with E-state index in [9.17, 15) is 8.78 Å². The normalized spacial score (nSPS) is 10.1. The van der Waals surface area contributed by atoms with E-state index in [2.05, 4.69) is 0 Å². The maximum absolute atomic E-state index is 12.4. The van der Waals surface area contributed by atoms with Crippen LogP contribution in [0, 0.1) is 11.6 Å². The van der Waals surface area contributed by atoms with Crippen LogP contribution < -0.4 is 5.73 Å². The third-order valence-corrected chi connectivity index (χ3v) is 1.34. The van der Waals surface area contributed by atoms with Gasteiger partial charge in [-0.25, -0.2) is 8.78 Å². The number of phenolic OH excluding ortho intramolecular Hbond substituents is 1. The summed E-state index contributed by atoms with van der Waals surface area (Å²) in [6, 6.07) is 1.59. The molecule has 0 aliphatic rings. The van der Waals surface area contributed by atoms with Crippen molar-refractivity contribution in [3.63, 3.8) is 0 Å². The summed E-state index contributed by atoms with van der Waals surface area (Å²) in [6.45, 7) is -0.0109. The summed E-state index contributed by atoms with van der Waals surface area (Å²) in [6.07, 6.45) is 0. The molecule has 0 saturated carbocycles. The highest BCUT2D eigenvalue weighted by molar-refractivity contribution is 5.33. The molecule has 11 heavy (non-hydrogen) atoms. The van der Waals surface area contributed by atoms with Crippen molar-refractivity contribution in [2.45, 2.75) is 6.54 Å². The van der Waals surface area contributed by atoms with Crippen LogP contribution in [0.3, 0.4) is 0 Å². The minimum absolute atomic E-state index is 0.0109. The van der Waals surface area contributed by atoms with Crippen molar-refractivity contribution < 1.29 is 13.9 Å². The molecule has 2 nitrogen and oxygen atoms in total. The number of benzene rings is 1. The van der Waals surface area contributed by atoms with Gasteiger partial charge in [0.25, 0.3) is 0 Å². The first-order valence-electron chi connectivity index (χ1n) is 3.02. The first-order valence-corrected chi connectivity index (χ1v) is 3.02. The van der Waals surface area contributed by atoms with Gasteiger partial charge in [-0.3, -0.25) is 0 Å². The van der Waals surface area contributed by atoms with Crippen molar-refractivity contribution in [1.82, 2.24) is 0 Å². The van der Waals surface area contributed by atoms with Crippen LogP contribution >= 0.6 is 0 Å². The maximum atomic E-state index is 12.4. The Morgan fingerprint density at radius 1 is 1.27 bits per heavy atom. The average molecular weight is 159 g/mol. The van der Waals surface area contributed by atoms with E-state index in [1.165, 1.54) is 0 Å². The topological polar surface area (TPSA) is 46.2 Å². The molecule has 0 atom stereocenters. The van der Waals surface area contributed by atoms with Gasteiger partial charge in [0.1, 0.15) is 5.75 Å². The molecule has 0 heterocycles. The van der Waals surface area contributed by atoms with E-state index in [4.69, 9.17) is 10.8 Å². The summed E-state index contributed by atoms with van der Waals surface area (Å²) in [4.78, 5) is 0. The molecular formula is C7H7F2NO. The molecule has 0 saturated heterocycles. The molecule has 3 N–H and O–H groups in total. The second kappa shape index (κ2) is 2.84. The zero-order chi connectivity index (χ0) is 8.43. The smallest absolute Gasteiger partial charge is 0.162 e. The monoisotopic (exact) mass is 159 g/mol. The molecule has 4 heteroatoms. The largest absolute Gasteiger partial charge is 0.508 e. The Morgan fingerprint density at radius 3 is 2.36 bits per heavy atom. The van der Waals surface area contributed by atoms with E-state index < -0.39 is 11.6 Å². The number of phenols is 1. The standard InChI is InChI=1S/C7H7F2NO/c8-5-1-4(3-10)7(11)2-6(5)9/h1-2,11H,3,10H2. The molecule has 0 spiro atoms. The Labute approximate surface area is 62.3 Å². The second-order valence-corrected chi connectivity index (χ2v) is 2.10. The fourth-order valence-corrected chi connectivity index (χ4v) is 0.741. The Hall–Kier alpha value is -1.16. The zero-order valence-corrected chi connectivity index (χ0v) is 5.64. The van der Waals surface area contributed by atoms with Crippen molar-refractivity contribution >= 4 is 0 Å². The third-order valence-electron chi connectivity index (χ3n) is 1.34. The van der Waals surface area contributed by atoms with Gasteiger partial charge in [-0.15, -0.1) is 0 Å².